The second kappa shape index (κ2) is 5.86. The van der Waals surface area contributed by atoms with Crippen LogP contribution in [0.25, 0.3) is 0 Å². The fourth-order valence-corrected chi connectivity index (χ4v) is 3.31. The molecular weight excluding hydrogens is 252 g/mol. The lowest BCUT2D eigenvalue weighted by atomic mass is 9.72. The molecular formula is C17H24O3. The first-order valence-corrected chi connectivity index (χ1v) is 7.25. The Morgan fingerprint density at radius 3 is 2.45 bits per heavy atom. The van der Waals surface area contributed by atoms with Gasteiger partial charge in [0.2, 0.25) is 0 Å². The molecule has 3 nitrogen and oxygen atoms in total. The van der Waals surface area contributed by atoms with E-state index in [1.165, 1.54) is 12.7 Å². The van der Waals surface area contributed by atoms with Crippen molar-refractivity contribution in [2.45, 2.75) is 45.4 Å². The minimum absolute atomic E-state index is 0.139. The average Bonchev–Trinajstić information content (AvgIpc) is 2.44. The standard InChI is InChI=1S/C17H24O3/c1-10(2)12-6-7-13(17(18)20-5)15-9-16(19-4)11(3)8-14(12)15/h8-10,12-13H,6-7H2,1-5H3/t12-,13-/m1/s1. The highest BCUT2D eigenvalue weighted by Gasteiger charge is 2.34. The summed E-state index contributed by atoms with van der Waals surface area (Å²) >= 11 is 0. The van der Waals surface area contributed by atoms with Crippen LogP contribution in [-0.2, 0) is 9.53 Å². The number of methoxy groups -OCH3 is 2. The van der Waals surface area contributed by atoms with Crippen LogP contribution in [-0.4, -0.2) is 20.2 Å². The summed E-state index contributed by atoms with van der Waals surface area (Å²) in [7, 11) is 3.13. The van der Waals surface area contributed by atoms with Gasteiger partial charge in [-0.25, -0.2) is 0 Å². The van der Waals surface area contributed by atoms with E-state index in [9.17, 15) is 4.79 Å². The van der Waals surface area contributed by atoms with E-state index in [0.717, 1.165) is 29.7 Å². The quantitative estimate of drug-likeness (QED) is 0.788. The molecule has 2 rings (SSSR count). The Bertz CT molecular complexity index is 505. The molecule has 0 spiro atoms. The molecule has 0 amide bonds. The Hall–Kier alpha value is -1.51. The Balaban J connectivity index is 2.55. The number of carbonyl (C=O) groups is 1. The van der Waals surface area contributed by atoms with Crippen molar-refractivity contribution in [1.29, 1.82) is 0 Å². The maximum atomic E-state index is 12.0. The highest BCUT2D eigenvalue weighted by atomic mass is 16.5. The van der Waals surface area contributed by atoms with Crippen molar-refractivity contribution < 1.29 is 14.3 Å². The molecule has 1 aliphatic rings. The average molecular weight is 276 g/mol. The molecule has 1 aromatic carbocycles. The van der Waals surface area contributed by atoms with E-state index in [0.29, 0.717) is 11.8 Å². The van der Waals surface area contributed by atoms with E-state index >= 15 is 0 Å². The normalized spacial score (nSPS) is 21.5. The number of aryl methyl sites for hydroxylation is 1. The van der Waals surface area contributed by atoms with Crippen LogP contribution < -0.4 is 4.74 Å². The first-order valence-electron chi connectivity index (χ1n) is 7.25. The van der Waals surface area contributed by atoms with Crippen molar-refractivity contribution in [3.63, 3.8) is 0 Å². The molecule has 0 aromatic heterocycles. The predicted octanol–water partition coefficient (Wildman–Crippen LogP) is 3.79. The van der Waals surface area contributed by atoms with Gasteiger partial charge in [0, 0.05) is 0 Å². The number of esters is 1. The van der Waals surface area contributed by atoms with Gasteiger partial charge in [-0.3, -0.25) is 4.79 Å². The second-order valence-electron chi connectivity index (χ2n) is 5.95. The zero-order chi connectivity index (χ0) is 14.9. The van der Waals surface area contributed by atoms with Gasteiger partial charge in [-0.2, -0.15) is 0 Å². The lowest BCUT2D eigenvalue weighted by molar-refractivity contribution is -0.142. The molecule has 0 heterocycles. The first-order chi connectivity index (χ1) is 9.49. The van der Waals surface area contributed by atoms with Gasteiger partial charge in [0.15, 0.2) is 0 Å². The summed E-state index contributed by atoms with van der Waals surface area (Å²) < 4.78 is 10.4. The van der Waals surface area contributed by atoms with E-state index in [4.69, 9.17) is 9.47 Å². The maximum Gasteiger partial charge on any atom is 0.313 e. The number of hydrogen-bond donors (Lipinski definition) is 0. The van der Waals surface area contributed by atoms with E-state index in [2.05, 4.69) is 26.8 Å². The molecule has 3 heteroatoms. The molecule has 1 aliphatic carbocycles. The van der Waals surface area contributed by atoms with Gasteiger partial charge in [-0.1, -0.05) is 19.9 Å². The summed E-state index contributed by atoms with van der Waals surface area (Å²) in [6.07, 6.45) is 1.89. The minimum atomic E-state index is -0.153. The van der Waals surface area contributed by atoms with Crippen LogP contribution in [0.15, 0.2) is 12.1 Å². The zero-order valence-corrected chi connectivity index (χ0v) is 13.0. The lowest BCUT2D eigenvalue weighted by Crippen LogP contribution is -2.24. The molecule has 0 saturated carbocycles. The third-order valence-corrected chi connectivity index (χ3v) is 4.43. The molecule has 0 N–H and O–H groups in total. The van der Waals surface area contributed by atoms with Gasteiger partial charge < -0.3 is 9.47 Å². The summed E-state index contributed by atoms with van der Waals surface area (Å²) in [5, 5.41) is 0. The zero-order valence-electron chi connectivity index (χ0n) is 13.0. The number of benzene rings is 1. The fourth-order valence-electron chi connectivity index (χ4n) is 3.31. The first kappa shape index (κ1) is 14.9. The molecule has 0 radical (unpaired) electrons. The third-order valence-electron chi connectivity index (χ3n) is 4.43. The van der Waals surface area contributed by atoms with Gasteiger partial charge in [0.05, 0.1) is 20.1 Å². The predicted molar refractivity (Wildman–Crippen MR) is 79.3 cm³/mol. The van der Waals surface area contributed by atoms with E-state index in [1.54, 1.807) is 7.11 Å². The second-order valence-corrected chi connectivity index (χ2v) is 5.95. The fraction of sp³-hybridized carbons (Fsp3) is 0.588. The number of rotatable bonds is 3. The van der Waals surface area contributed by atoms with Gasteiger partial charge in [0.1, 0.15) is 5.75 Å². The van der Waals surface area contributed by atoms with Gasteiger partial charge in [-0.05, 0) is 54.4 Å². The number of ether oxygens (including phenoxy) is 2. The number of hydrogen-bond acceptors (Lipinski definition) is 3. The Morgan fingerprint density at radius 2 is 1.90 bits per heavy atom. The van der Waals surface area contributed by atoms with Gasteiger partial charge in [-0.15, -0.1) is 0 Å². The van der Waals surface area contributed by atoms with Crippen LogP contribution in [0.4, 0.5) is 0 Å². The van der Waals surface area contributed by atoms with Crippen molar-refractivity contribution in [2.24, 2.45) is 5.92 Å². The van der Waals surface area contributed by atoms with Crippen LogP contribution in [0, 0.1) is 12.8 Å². The van der Waals surface area contributed by atoms with Crippen molar-refractivity contribution in [2.75, 3.05) is 14.2 Å². The largest absolute Gasteiger partial charge is 0.496 e. The van der Waals surface area contributed by atoms with Crippen LogP contribution in [0.3, 0.4) is 0 Å². The summed E-state index contributed by atoms with van der Waals surface area (Å²) in [6, 6.07) is 4.22. The summed E-state index contributed by atoms with van der Waals surface area (Å²) in [5.41, 5.74) is 3.51. The smallest absolute Gasteiger partial charge is 0.313 e. The Kier molecular flexibility index (Phi) is 4.36. The molecule has 2 atom stereocenters. The van der Waals surface area contributed by atoms with Crippen molar-refractivity contribution >= 4 is 5.97 Å². The SMILES string of the molecule is COC(=O)[C@@H]1CC[C@H](C(C)C)c2cc(C)c(OC)cc21. The third kappa shape index (κ3) is 2.54. The van der Waals surface area contributed by atoms with Gasteiger partial charge >= 0.3 is 5.97 Å². The molecule has 1 aromatic rings. The molecule has 20 heavy (non-hydrogen) atoms. The van der Waals surface area contributed by atoms with E-state index < -0.39 is 0 Å². The Morgan fingerprint density at radius 1 is 1.20 bits per heavy atom. The van der Waals surface area contributed by atoms with Crippen molar-refractivity contribution in [3.05, 3.63) is 28.8 Å². The van der Waals surface area contributed by atoms with Crippen LogP contribution in [0.2, 0.25) is 0 Å². The summed E-state index contributed by atoms with van der Waals surface area (Å²) in [6.45, 7) is 6.54. The van der Waals surface area contributed by atoms with Crippen molar-refractivity contribution in [3.8, 4) is 5.75 Å². The topological polar surface area (TPSA) is 35.5 Å². The molecule has 0 unspecified atom stereocenters. The highest BCUT2D eigenvalue weighted by molar-refractivity contribution is 5.79. The summed E-state index contributed by atoms with van der Waals surface area (Å²) in [5.74, 6) is 1.64. The molecule has 0 aliphatic heterocycles. The van der Waals surface area contributed by atoms with Gasteiger partial charge in [0.25, 0.3) is 0 Å². The number of fused-ring (bicyclic) bond motifs is 1. The lowest BCUT2D eigenvalue weighted by Gasteiger charge is -2.33. The molecule has 0 saturated heterocycles. The Labute approximate surface area is 121 Å². The van der Waals surface area contributed by atoms with E-state index in [1.807, 2.05) is 6.07 Å². The highest BCUT2D eigenvalue weighted by Crippen LogP contribution is 2.44. The van der Waals surface area contributed by atoms with Crippen LogP contribution in [0.1, 0.15) is 55.2 Å². The molecule has 110 valence electrons. The minimum Gasteiger partial charge on any atom is -0.496 e. The van der Waals surface area contributed by atoms with E-state index in [-0.39, 0.29) is 11.9 Å². The van der Waals surface area contributed by atoms with Crippen LogP contribution >= 0.6 is 0 Å². The maximum absolute atomic E-state index is 12.0. The van der Waals surface area contributed by atoms with Crippen molar-refractivity contribution in [1.82, 2.24) is 0 Å². The number of carbonyl (C=O) groups excluding carboxylic acids is 1. The molecule has 0 fully saturated rings. The summed E-state index contributed by atoms with van der Waals surface area (Å²) in [4.78, 5) is 12.0. The monoisotopic (exact) mass is 276 g/mol. The van der Waals surface area contributed by atoms with Crippen LogP contribution in [0.5, 0.6) is 5.75 Å². The molecule has 0 bridgehead atoms.